The van der Waals surface area contributed by atoms with E-state index in [-0.39, 0.29) is 12.5 Å². The molecule has 4 rings (SSSR count). The first-order valence-corrected chi connectivity index (χ1v) is 9.80. The molecule has 1 aromatic carbocycles. The maximum atomic E-state index is 12.7. The lowest BCUT2D eigenvalue weighted by Gasteiger charge is -2.16. The minimum atomic E-state index is -0.489. The molecule has 0 saturated heterocycles. The van der Waals surface area contributed by atoms with Crippen LogP contribution in [0.4, 0.5) is 11.6 Å². The van der Waals surface area contributed by atoms with Crippen LogP contribution in [0.25, 0.3) is 11.3 Å². The molecule has 4 N–H and O–H groups in total. The van der Waals surface area contributed by atoms with E-state index in [0.717, 1.165) is 22.4 Å². The topological polar surface area (TPSA) is 116 Å². The van der Waals surface area contributed by atoms with E-state index < -0.39 is 6.04 Å². The molecule has 0 bridgehead atoms. The van der Waals surface area contributed by atoms with Crippen LogP contribution in [-0.2, 0) is 0 Å². The van der Waals surface area contributed by atoms with E-state index >= 15 is 0 Å². The summed E-state index contributed by atoms with van der Waals surface area (Å²) in [6, 6.07) is 14.3. The molecule has 4 aromatic rings. The Bertz CT molecular complexity index is 1160. The van der Waals surface area contributed by atoms with Crippen molar-refractivity contribution in [2.24, 2.45) is 0 Å². The summed E-state index contributed by atoms with van der Waals surface area (Å²) in [5, 5.41) is 15.7. The molecule has 0 spiro atoms. The number of rotatable bonds is 7. The number of anilines is 2. The zero-order valence-corrected chi connectivity index (χ0v) is 16.9. The van der Waals surface area contributed by atoms with Gasteiger partial charge in [0, 0.05) is 24.2 Å². The number of hydrogen-bond donors (Lipinski definition) is 4. The standard InChI is InChI=1S/C23H22N6O2/c1-15-11-26-23(27-18-8-5-9-24-13-18)29-21(15)17-10-19(25-12-17)22(31)28-20(14-30)16-6-3-2-4-7-16/h2-13,20,25,30H,14H2,1H3,(H,28,31)(H,26,27,29). The van der Waals surface area contributed by atoms with Crippen LogP contribution >= 0.6 is 0 Å². The second-order valence-corrected chi connectivity index (χ2v) is 7.01. The molecule has 0 aliphatic rings. The molecule has 0 fully saturated rings. The van der Waals surface area contributed by atoms with Crippen LogP contribution in [0.1, 0.15) is 27.7 Å². The Morgan fingerprint density at radius 3 is 2.74 bits per heavy atom. The van der Waals surface area contributed by atoms with Crippen molar-refractivity contribution in [1.29, 1.82) is 0 Å². The van der Waals surface area contributed by atoms with Crippen LogP contribution < -0.4 is 10.6 Å². The molecule has 0 aliphatic heterocycles. The number of nitrogens with one attached hydrogen (secondary N) is 3. The van der Waals surface area contributed by atoms with E-state index in [1.165, 1.54) is 0 Å². The Morgan fingerprint density at radius 2 is 2.00 bits per heavy atom. The summed E-state index contributed by atoms with van der Waals surface area (Å²) in [5.41, 5.74) is 4.34. The van der Waals surface area contributed by atoms with Crippen molar-refractivity contribution in [2.45, 2.75) is 13.0 Å². The zero-order chi connectivity index (χ0) is 21.6. The predicted molar refractivity (Wildman–Crippen MR) is 118 cm³/mol. The number of aliphatic hydroxyl groups excluding tert-OH is 1. The van der Waals surface area contributed by atoms with Crippen molar-refractivity contribution in [2.75, 3.05) is 11.9 Å². The summed E-state index contributed by atoms with van der Waals surface area (Å²) in [4.78, 5) is 28.7. The van der Waals surface area contributed by atoms with Crippen molar-refractivity contribution < 1.29 is 9.90 Å². The van der Waals surface area contributed by atoms with Crippen molar-refractivity contribution in [3.8, 4) is 11.3 Å². The summed E-state index contributed by atoms with van der Waals surface area (Å²) >= 11 is 0. The summed E-state index contributed by atoms with van der Waals surface area (Å²) < 4.78 is 0. The highest BCUT2D eigenvalue weighted by atomic mass is 16.3. The molecule has 1 unspecified atom stereocenters. The van der Waals surface area contributed by atoms with Crippen molar-refractivity contribution >= 4 is 17.5 Å². The van der Waals surface area contributed by atoms with Gasteiger partial charge in [0.2, 0.25) is 5.95 Å². The summed E-state index contributed by atoms with van der Waals surface area (Å²) in [7, 11) is 0. The monoisotopic (exact) mass is 414 g/mol. The number of pyridine rings is 1. The van der Waals surface area contributed by atoms with Gasteiger partial charge in [-0.15, -0.1) is 0 Å². The number of aromatic amines is 1. The number of carbonyl (C=O) groups excluding carboxylic acids is 1. The average Bonchev–Trinajstić information content (AvgIpc) is 3.30. The second-order valence-electron chi connectivity index (χ2n) is 7.01. The normalized spacial score (nSPS) is 11.7. The van der Waals surface area contributed by atoms with Gasteiger partial charge in [-0.3, -0.25) is 9.78 Å². The van der Waals surface area contributed by atoms with Gasteiger partial charge in [0.25, 0.3) is 5.91 Å². The summed E-state index contributed by atoms with van der Waals surface area (Å²) in [6.45, 7) is 1.71. The molecule has 31 heavy (non-hydrogen) atoms. The number of amides is 1. The number of aryl methyl sites for hydroxylation is 1. The van der Waals surface area contributed by atoms with Crippen molar-refractivity contribution in [3.05, 3.63) is 90.1 Å². The molecule has 0 radical (unpaired) electrons. The molecule has 3 aromatic heterocycles. The second kappa shape index (κ2) is 9.19. The largest absolute Gasteiger partial charge is 0.394 e. The first kappa shape index (κ1) is 20.2. The highest BCUT2D eigenvalue weighted by Gasteiger charge is 2.17. The van der Waals surface area contributed by atoms with Gasteiger partial charge in [0.1, 0.15) is 5.69 Å². The molecular formula is C23H22N6O2. The Hall–Kier alpha value is -4.04. The minimum absolute atomic E-state index is 0.197. The number of nitrogens with zero attached hydrogens (tertiary/aromatic N) is 3. The average molecular weight is 414 g/mol. The minimum Gasteiger partial charge on any atom is -0.394 e. The molecule has 0 saturated carbocycles. The van der Waals surface area contributed by atoms with Crippen molar-refractivity contribution in [1.82, 2.24) is 25.3 Å². The van der Waals surface area contributed by atoms with E-state index in [0.29, 0.717) is 17.3 Å². The van der Waals surface area contributed by atoms with Gasteiger partial charge in [0.05, 0.1) is 30.2 Å². The van der Waals surface area contributed by atoms with Crippen LogP contribution in [0.5, 0.6) is 0 Å². The van der Waals surface area contributed by atoms with Crippen LogP contribution in [0.15, 0.2) is 73.3 Å². The fourth-order valence-electron chi connectivity index (χ4n) is 3.18. The third kappa shape index (κ3) is 4.76. The first-order valence-electron chi connectivity index (χ1n) is 9.80. The first-order chi connectivity index (χ1) is 15.1. The molecular weight excluding hydrogens is 392 g/mol. The van der Waals surface area contributed by atoms with E-state index in [9.17, 15) is 9.90 Å². The van der Waals surface area contributed by atoms with Gasteiger partial charge in [-0.1, -0.05) is 30.3 Å². The van der Waals surface area contributed by atoms with E-state index in [1.54, 1.807) is 30.9 Å². The highest BCUT2D eigenvalue weighted by Crippen LogP contribution is 2.24. The Labute approximate surface area is 179 Å². The molecule has 1 atom stereocenters. The number of aromatic nitrogens is 4. The van der Waals surface area contributed by atoms with E-state index in [4.69, 9.17) is 0 Å². The van der Waals surface area contributed by atoms with Crippen LogP contribution in [-0.4, -0.2) is 37.6 Å². The number of carbonyl (C=O) groups is 1. The lowest BCUT2D eigenvalue weighted by molar-refractivity contribution is 0.0912. The Balaban J connectivity index is 1.53. The maximum absolute atomic E-state index is 12.7. The van der Waals surface area contributed by atoms with Gasteiger partial charge in [-0.05, 0) is 36.2 Å². The highest BCUT2D eigenvalue weighted by molar-refractivity contribution is 5.94. The fourth-order valence-corrected chi connectivity index (χ4v) is 3.18. The van der Waals surface area contributed by atoms with Gasteiger partial charge in [-0.2, -0.15) is 0 Å². The SMILES string of the molecule is Cc1cnc(Nc2cccnc2)nc1-c1c[nH]c(C(=O)NC(CO)c2ccccc2)c1. The molecule has 8 nitrogen and oxygen atoms in total. The van der Waals surface area contributed by atoms with Crippen molar-refractivity contribution in [3.63, 3.8) is 0 Å². The lowest BCUT2D eigenvalue weighted by Crippen LogP contribution is -2.30. The summed E-state index contributed by atoms with van der Waals surface area (Å²) in [6.07, 6.45) is 6.84. The van der Waals surface area contributed by atoms with Gasteiger partial charge in [-0.25, -0.2) is 9.97 Å². The van der Waals surface area contributed by atoms with Gasteiger partial charge in [0.15, 0.2) is 0 Å². The smallest absolute Gasteiger partial charge is 0.268 e. The number of hydrogen-bond acceptors (Lipinski definition) is 6. The summed E-state index contributed by atoms with van der Waals surface area (Å²) in [5.74, 6) is 0.125. The lowest BCUT2D eigenvalue weighted by atomic mass is 10.1. The zero-order valence-electron chi connectivity index (χ0n) is 16.9. The fraction of sp³-hybridized carbons (Fsp3) is 0.130. The Kier molecular flexibility index (Phi) is 6.00. The third-order valence-electron chi connectivity index (χ3n) is 4.78. The molecule has 8 heteroatoms. The van der Waals surface area contributed by atoms with Crippen LogP contribution in [0, 0.1) is 6.92 Å². The quantitative estimate of drug-likeness (QED) is 0.368. The third-order valence-corrected chi connectivity index (χ3v) is 4.78. The number of aliphatic hydroxyl groups is 1. The van der Waals surface area contributed by atoms with Gasteiger partial charge >= 0.3 is 0 Å². The molecule has 1 amide bonds. The molecule has 156 valence electrons. The molecule has 0 aliphatic carbocycles. The van der Waals surface area contributed by atoms with E-state index in [1.807, 2.05) is 49.4 Å². The Morgan fingerprint density at radius 1 is 1.16 bits per heavy atom. The van der Waals surface area contributed by atoms with Crippen LogP contribution in [0.2, 0.25) is 0 Å². The maximum Gasteiger partial charge on any atom is 0.268 e. The molecule has 3 heterocycles. The number of H-pyrrole nitrogens is 1. The predicted octanol–water partition coefficient (Wildman–Crippen LogP) is 3.38. The number of benzene rings is 1. The van der Waals surface area contributed by atoms with Crippen LogP contribution in [0.3, 0.4) is 0 Å². The van der Waals surface area contributed by atoms with Gasteiger partial charge < -0.3 is 20.7 Å². The van der Waals surface area contributed by atoms with E-state index in [2.05, 4.69) is 30.6 Å².